The number of amides is 2. The van der Waals surface area contributed by atoms with E-state index in [1.807, 2.05) is 79.7 Å². The van der Waals surface area contributed by atoms with Crippen molar-refractivity contribution < 1.29 is 14.3 Å². The minimum absolute atomic E-state index is 0.0148. The number of hydrogen-bond donors (Lipinski definition) is 3. The Kier molecular flexibility index (Phi) is 5.93. The van der Waals surface area contributed by atoms with Crippen LogP contribution in [0.1, 0.15) is 29.0 Å². The number of rotatable bonds is 7. The first-order valence-corrected chi connectivity index (χ1v) is 12.8. The summed E-state index contributed by atoms with van der Waals surface area (Å²) >= 11 is 1.47. The molecule has 1 aliphatic carbocycles. The van der Waals surface area contributed by atoms with E-state index in [9.17, 15) is 9.59 Å². The van der Waals surface area contributed by atoms with Crippen molar-refractivity contribution in [2.24, 2.45) is 5.92 Å². The molecule has 184 valence electrons. The minimum atomic E-state index is -0.214. The van der Waals surface area contributed by atoms with Crippen molar-refractivity contribution >= 4 is 40.7 Å². The number of aromatic amines is 1. The van der Waals surface area contributed by atoms with E-state index >= 15 is 0 Å². The molecule has 0 bridgehead atoms. The summed E-state index contributed by atoms with van der Waals surface area (Å²) in [5.74, 6) is 0.417. The molecule has 2 amide bonds. The number of carbonyl (C=O) groups is 2. The van der Waals surface area contributed by atoms with Crippen molar-refractivity contribution in [2.45, 2.75) is 29.7 Å². The van der Waals surface area contributed by atoms with Gasteiger partial charge in [0.05, 0.1) is 11.9 Å². The fraction of sp³-hybridized carbons (Fsp3) is 0.148. The highest BCUT2D eigenvalue weighted by atomic mass is 32.2. The molecular formula is C27H24N7O2S+. The van der Waals surface area contributed by atoms with Crippen LogP contribution in [0, 0.1) is 12.8 Å². The number of aryl methyl sites for hydroxylation is 1. The first-order valence-electron chi connectivity index (χ1n) is 12.0. The number of fused-ring (bicyclic) bond motifs is 1. The third-order valence-electron chi connectivity index (χ3n) is 5.94. The number of carbonyl (C=O) groups excluding carboxylic acids is 2. The van der Waals surface area contributed by atoms with E-state index in [0.29, 0.717) is 22.8 Å². The van der Waals surface area contributed by atoms with E-state index in [1.165, 1.54) is 11.8 Å². The number of hydrogen-bond acceptors (Lipinski definition) is 5. The van der Waals surface area contributed by atoms with Gasteiger partial charge in [-0.15, -0.1) is 0 Å². The fourth-order valence-electron chi connectivity index (χ4n) is 3.99. The highest BCUT2D eigenvalue weighted by Crippen LogP contribution is 2.31. The summed E-state index contributed by atoms with van der Waals surface area (Å²) in [6.45, 7) is 1.92. The molecule has 1 fully saturated rings. The van der Waals surface area contributed by atoms with Crippen LogP contribution < -0.4 is 15.3 Å². The highest BCUT2D eigenvalue weighted by Gasteiger charge is 2.30. The summed E-state index contributed by atoms with van der Waals surface area (Å²) in [6.07, 6.45) is 3.60. The Bertz CT molecular complexity index is 1620. The van der Waals surface area contributed by atoms with Gasteiger partial charge in [0, 0.05) is 34.7 Å². The molecule has 0 unspecified atom stereocenters. The van der Waals surface area contributed by atoms with Crippen molar-refractivity contribution in [3.8, 4) is 5.69 Å². The fourth-order valence-corrected chi connectivity index (χ4v) is 4.83. The Morgan fingerprint density at radius 2 is 1.86 bits per heavy atom. The quantitative estimate of drug-likeness (QED) is 0.282. The van der Waals surface area contributed by atoms with Gasteiger partial charge in [0.15, 0.2) is 11.5 Å². The Morgan fingerprint density at radius 3 is 2.68 bits per heavy atom. The van der Waals surface area contributed by atoms with Crippen molar-refractivity contribution in [1.82, 2.24) is 19.7 Å². The molecule has 0 atom stereocenters. The maximum absolute atomic E-state index is 13.2. The number of nitrogens with zero attached hydrogens (tertiary/aromatic N) is 4. The molecule has 9 nitrogen and oxygen atoms in total. The molecule has 1 saturated carbocycles. The molecule has 3 heterocycles. The van der Waals surface area contributed by atoms with Gasteiger partial charge in [-0.3, -0.25) is 9.59 Å². The molecular weight excluding hydrogens is 486 g/mol. The molecule has 10 heteroatoms. The number of para-hydroxylation sites is 1. The Morgan fingerprint density at radius 1 is 1.03 bits per heavy atom. The third-order valence-corrected chi connectivity index (χ3v) is 6.86. The number of H-pyrrole nitrogens is 1. The summed E-state index contributed by atoms with van der Waals surface area (Å²) in [4.78, 5) is 30.5. The van der Waals surface area contributed by atoms with Crippen LogP contribution in [0.4, 0.5) is 11.5 Å². The van der Waals surface area contributed by atoms with E-state index in [4.69, 9.17) is 0 Å². The maximum atomic E-state index is 13.2. The van der Waals surface area contributed by atoms with Gasteiger partial charge in [0.1, 0.15) is 5.03 Å². The number of aromatic nitrogens is 5. The Labute approximate surface area is 216 Å². The van der Waals surface area contributed by atoms with Crippen LogP contribution in [0.2, 0.25) is 0 Å². The maximum Gasteiger partial charge on any atom is 0.323 e. The Hall–Kier alpha value is -4.44. The SMILES string of the molecule is Cc1cc(C(=O)Nc2cccc(Sc3ccc4nc(NC(=O)C5CC5)cn4n3)c2)[n+](-c2ccccc2)[nH]1. The smallest absolute Gasteiger partial charge is 0.317 e. The predicted octanol–water partition coefficient (Wildman–Crippen LogP) is 4.39. The topological polar surface area (TPSA) is 108 Å². The van der Waals surface area contributed by atoms with Crippen molar-refractivity contribution in [3.63, 3.8) is 0 Å². The van der Waals surface area contributed by atoms with E-state index in [0.717, 1.165) is 34.1 Å². The molecule has 0 radical (unpaired) electrons. The molecule has 3 N–H and O–H groups in total. The zero-order valence-electron chi connectivity index (χ0n) is 20.0. The average molecular weight is 511 g/mol. The normalized spacial score (nSPS) is 13.0. The molecule has 0 saturated heterocycles. The average Bonchev–Trinajstić information content (AvgIpc) is 3.57. The highest BCUT2D eigenvalue weighted by molar-refractivity contribution is 7.99. The predicted molar refractivity (Wildman–Crippen MR) is 140 cm³/mol. The number of imidazole rings is 1. The number of benzene rings is 2. The van der Waals surface area contributed by atoms with Crippen LogP contribution in [0.25, 0.3) is 11.3 Å². The van der Waals surface area contributed by atoms with Gasteiger partial charge in [-0.2, -0.15) is 10.2 Å². The van der Waals surface area contributed by atoms with Gasteiger partial charge in [-0.25, -0.2) is 9.50 Å². The van der Waals surface area contributed by atoms with Crippen molar-refractivity contribution in [1.29, 1.82) is 0 Å². The van der Waals surface area contributed by atoms with E-state index in [-0.39, 0.29) is 17.7 Å². The molecule has 2 aromatic carbocycles. The van der Waals surface area contributed by atoms with Gasteiger partial charge in [-0.05, 0) is 50.1 Å². The van der Waals surface area contributed by atoms with Crippen molar-refractivity contribution in [2.75, 3.05) is 10.6 Å². The third kappa shape index (κ3) is 5.10. The van der Waals surface area contributed by atoms with Crippen LogP contribution in [-0.2, 0) is 4.79 Å². The number of nitrogens with one attached hydrogen (secondary N) is 3. The minimum Gasteiger partial charge on any atom is -0.317 e. The zero-order chi connectivity index (χ0) is 25.4. The van der Waals surface area contributed by atoms with Gasteiger partial charge in [-0.1, -0.05) is 40.7 Å². The number of anilines is 2. The lowest BCUT2D eigenvalue weighted by Crippen LogP contribution is -2.40. The lowest BCUT2D eigenvalue weighted by Gasteiger charge is -2.06. The summed E-state index contributed by atoms with van der Waals surface area (Å²) in [7, 11) is 0. The second-order valence-electron chi connectivity index (χ2n) is 8.94. The van der Waals surface area contributed by atoms with Crippen LogP contribution in [0.5, 0.6) is 0 Å². The van der Waals surface area contributed by atoms with Crippen LogP contribution in [0.15, 0.2) is 88.9 Å². The zero-order valence-corrected chi connectivity index (χ0v) is 20.8. The van der Waals surface area contributed by atoms with Gasteiger partial charge < -0.3 is 10.6 Å². The molecule has 37 heavy (non-hydrogen) atoms. The second kappa shape index (κ2) is 9.55. The van der Waals surface area contributed by atoms with Crippen LogP contribution in [-0.4, -0.2) is 31.5 Å². The first kappa shape index (κ1) is 23.0. The first-order chi connectivity index (χ1) is 18.0. The van der Waals surface area contributed by atoms with Crippen LogP contribution in [0.3, 0.4) is 0 Å². The standard InChI is InChI=1S/C27H23N7O2S/c1-17-14-22(34(31-17)20-7-3-2-4-8-20)27(36)28-19-6-5-9-21(15-19)37-25-13-12-24-29-23(16-33(24)32-25)30-26(35)18-10-11-18/h2-9,12-16,18H,10-11H2,1H3,(H2,28,30,35,36)/p+1. The summed E-state index contributed by atoms with van der Waals surface area (Å²) in [5.41, 5.74) is 3.61. The van der Waals surface area contributed by atoms with Gasteiger partial charge in [0.25, 0.3) is 0 Å². The molecule has 6 rings (SSSR count). The van der Waals surface area contributed by atoms with E-state index in [1.54, 1.807) is 15.4 Å². The van der Waals surface area contributed by atoms with Gasteiger partial charge in [0.2, 0.25) is 11.6 Å². The molecule has 0 spiro atoms. The monoisotopic (exact) mass is 510 g/mol. The molecule has 5 aromatic rings. The second-order valence-corrected chi connectivity index (χ2v) is 10.0. The van der Waals surface area contributed by atoms with Crippen molar-refractivity contribution in [3.05, 3.63) is 90.4 Å². The van der Waals surface area contributed by atoms with E-state index in [2.05, 4.69) is 25.8 Å². The molecule has 3 aromatic heterocycles. The molecule has 0 aliphatic heterocycles. The summed E-state index contributed by atoms with van der Waals surface area (Å²) in [6, 6.07) is 22.9. The lowest BCUT2D eigenvalue weighted by molar-refractivity contribution is -0.657. The van der Waals surface area contributed by atoms with Crippen LogP contribution >= 0.6 is 11.8 Å². The largest absolute Gasteiger partial charge is 0.323 e. The summed E-state index contributed by atoms with van der Waals surface area (Å²) < 4.78 is 3.43. The molecule has 1 aliphatic rings. The van der Waals surface area contributed by atoms with Gasteiger partial charge >= 0.3 is 11.6 Å². The Balaban J connectivity index is 1.17. The van der Waals surface area contributed by atoms with E-state index < -0.39 is 0 Å². The summed E-state index contributed by atoms with van der Waals surface area (Å²) in [5, 5.41) is 14.5. The lowest BCUT2D eigenvalue weighted by atomic mass is 10.2.